The van der Waals surface area contributed by atoms with E-state index in [1.54, 1.807) is 0 Å². The molecule has 0 amide bonds. The number of aliphatic hydroxyl groups is 2. The van der Waals surface area contributed by atoms with Crippen LogP contribution < -0.4 is 0 Å². The van der Waals surface area contributed by atoms with Crippen molar-refractivity contribution in [3.63, 3.8) is 0 Å². The summed E-state index contributed by atoms with van der Waals surface area (Å²) in [6, 6.07) is 0.835. The third kappa shape index (κ3) is 2.31. The van der Waals surface area contributed by atoms with Crippen LogP contribution in [0.25, 0.3) is 0 Å². The van der Waals surface area contributed by atoms with Gasteiger partial charge >= 0.3 is 5.97 Å². The van der Waals surface area contributed by atoms with Crippen molar-refractivity contribution in [1.82, 2.24) is 0 Å². The van der Waals surface area contributed by atoms with Crippen LogP contribution in [0.3, 0.4) is 0 Å². The molecule has 1 aromatic carbocycles. The highest BCUT2D eigenvalue weighted by Gasteiger charge is 2.29. The molecule has 0 spiro atoms. The van der Waals surface area contributed by atoms with Crippen molar-refractivity contribution in [3.8, 4) is 17.2 Å². The van der Waals surface area contributed by atoms with Gasteiger partial charge in [-0.2, -0.15) is 0 Å². The Morgan fingerprint density at radius 3 is 2.22 bits per heavy atom. The summed E-state index contributed by atoms with van der Waals surface area (Å²) in [6.45, 7) is 1.23. The largest absolute Gasteiger partial charge is 0.504 e. The first-order valence-electron chi connectivity index (χ1n) is 5.03. The van der Waals surface area contributed by atoms with E-state index in [9.17, 15) is 30.3 Å². The van der Waals surface area contributed by atoms with Crippen molar-refractivity contribution in [1.29, 1.82) is 0 Å². The van der Waals surface area contributed by atoms with Gasteiger partial charge in [0.1, 0.15) is 6.10 Å². The lowest BCUT2D eigenvalue weighted by Crippen LogP contribution is -2.18. The Morgan fingerprint density at radius 2 is 1.78 bits per heavy atom. The Hall–Kier alpha value is -1.99. The Kier molecular flexibility index (Phi) is 4.00. The summed E-state index contributed by atoms with van der Waals surface area (Å²) in [5.74, 6) is -3.45. The van der Waals surface area contributed by atoms with Crippen molar-refractivity contribution in [2.24, 2.45) is 0 Å². The van der Waals surface area contributed by atoms with Crippen molar-refractivity contribution >= 4 is 5.97 Å². The molecule has 0 aliphatic rings. The van der Waals surface area contributed by atoms with Gasteiger partial charge in [-0.15, -0.1) is 0 Å². The van der Waals surface area contributed by atoms with Crippen molar-refractivity contribution in [3.05, 3.63) is 17.2 Å². The van der Waals surface area contributed by atoms with Gasteiger partial charge in [0, 0.05) is 5.56 Å². The van der Waals surface area contributed by atoms with E-state index in [0.29, 0.717) is 0 Å². The summed E-state index contributed by atoms with van der Waals surface area (Å²) in [6.07, 6.45) is -2.92. The molecule has 100 valence electrons. The van der Waals surface area contributed by atoms with Gasteiger partial charge in [0.15, 0.2) is 11.5 Å². The van der Waals surface area contributed by atoms with Crippen LogP contribution >= 0.6 is 0 Å². The zero-order valence-electron chi connectivity index (χ0n) is 9.78. The molecule has 0 aromatic heterocycles. The average Bonchev–Trinajstić information content (AvgIpc) is 2.33. The maximum absolute atomic E-state index is 11.5. The number of hydrogen-bond acceptors (Lipinski definition) is 7. The molecule has 7 nitrogen and oxygen atoms in total. The van der Waals surface area contributed by atoms with Crippen molar-refractivity contribution in [2.75, 3.05) is 7.11 Å². The molecule has 0 aliphatic heterocycles. The van der Waals surface area contributed by atoms with Gasteiger partial charge < -0.3 is 30.3 Å². The summed E-state index contributed by atoms with van der Waals surface area (Å²) in [5, 5.41) is 47.3. The Labute approximate surface area is 103 Å². The number of benzene rings is 1. The number of carbonyl (C=O) groups excluding carboxylic acids is 1. The summed E-state index contributed by atoms with van der Waals surface area (Å²) in [5.41, 5.74) is -0.758. The molecule has 2 atom stereocenters. The van der Waals surface area contributed by atoms with Crippen LogP contribution in [0.15, 0.2) is 6.07 Å². The molecule has 0 saturated heterocycles. The summed E-state index contributed by atoms with van der Waals surface area (Å²) in [7, 11) is 1.07. The minimum Gasteiger partial charge on any atom is -0.504 e. The Morgan fingerprint density at radius 1 is 1.22 bits per heavy atom. The molecular formula is C11H14O7. The van der Waals surface area contributed by atoms with Gasteiger partial charge in [0.05, 0.1) is 18.8 Å². The van der Waals surface area contributed by atoms with Gasteiger partial charge in [0.25, 0.3) is 0 Å². The summed E-state index contributed by atoms with van der Waals surface area (Å²) in [4.78, 5) is 11.5. The molecule has 0 radical (unpaired) electrons. The molecule has 0 saturated carbocycles. The SMILES string of the molecule is COC(=O)c1cc(O)c(O)c(O)c1C(O)C(C)O. The van der Waals surface area contributed by atoms with E-state index in [4.69, 9.17) is 0 Å². The second-order valence-electron chi connectivity index (χ2n) is 3.73. The molecule has 5 N–H and O–H groups in total. The first kappa shape index (κ1) is 14.1. The zero-order valence-corrected chi connectivity index (χ0v) is 9.78. The molecule has 0 heterocycles. The van der Waals surface area contributed by atoms with Crippen molar-refractivity contribution in [2.45, 2.75) is 19.1 Å². The molecule has 1 aromatic rings. The maximum Gasteiger partial charge on any atom is 0.338 e. The fourth-order valence-electron chi connectivity index (χ4n) is 1.48. The first-order chi connectivity index (χ1) is 8.31. The zero-order chi connectivity index (χ0) is 14.0. The highest BCUT2D eigenvalue weighted by Crippen LogP contribution is 2.43. The molecule has 0 aliphatic carbocycles. The number of rotatable bonds is 3. The fourth-order valence-corrected chi connectivity index (χ4v) is 1.48. The van der Waals surface area contributed by atoms with E-state index in [2.05, 4.69) is 4.74 Å². The number of aromatic hydroxyl groups is 3. The molecule has 2 unspecified atom stereocenters. The Balaban J connectivity index is 3.54. The highest BCUT2D eigenvalue weighted by atomic mass is 16.5. The summed E-state index contributed by atoms with van der Waals surface area (Å²) >= 11 is 0. The fraction of sp³-hybridized carbons (Fsp3) is 0.364. The average molecular weight is 258 g/mol. The van der Waals surface area contributed by atoms with Gasteiger partial charge in [-0.05, 0) is 13.0 Å². The van der Waals surface area contributed by atoms with E-state index in [1.807, 2.05) is 0 Å². The second kappa shape index (κ2) is 5.11. The lowest BCUT2D eigenvalue weighted by atomic mass is 9.97. The topological polar surface area (TPSA) is 127 Å². The normalized spacial score (nSPS) is 14.0. The van der Waals surface area contributed by atoms with Crippen LogP contribution in [0.2, 0.25) is 0 Å². The van der Waals surface area contributed by atoms with E-state index in [-0.39, 0.29) is 5.56 Å². The minimum absolute atomic E-state index is 0.348. The van der Waals surface area contributed by atoms with Crippen molar-refractivity contribution < 1.29 is 35.1 Å². The standard InChI is InChI=1S/C11H14O7/c1-4(12)8(14)7-5(11(17)18-2)3-6(13)9(15)10(7)16/h3-4,8,12-16H,1-2H3. The monoisotopic (exact) mass is 258 g/mol. The maximum atomic E-state index is 11.5. The molecule has 7 heteroatoms. The predicted octanol–water partition coefficient (Wildman–Crippen LogP) is 0.00420. The van der Waals surface area contributed by atoms with E-state index >= 15 is 0 Å². The quantitative estimate of drug-likeness (QED) is 0.381. The van der Waals surface area contributed by atoms with Gasteiger partial charge in [-0.1, -0.05) is 0 Å². The third-order valence-electron chi connectivity index (χ3n) is 2.45. The lowest BCUT2D eigenvalue weighted by Gasteiger charge is -2.19. The van der Waals surface area contributed by atoms with Gasteiger partial charge in [0.2, 0.25) is 5.75 Å². The van der Waals surface area contributed by atoms with E-state index < -0.39 is 41.0 Å². The van der Waals surface area contributed by atoms with E-state index in [1.165, 1.54) is 6.92 Å². The van der Waals surface area contributed by atoms with Crippen LogP contribution in [0, 0.1) is 0 Å². The molecule has 18 heavy (non-hydrogen) atoms. The number of hydrogen-bond donors (Lipinski definition) is 5. The number of aliphatic hydroxyl groups excluding tert-OH is 2. The number of ether oxygens (including phenoxy) is 1. The smallest absolute Gasteiger partial charge is 0.338 e. The number of esters is 1. The van der Waals surface area contributed by atoms with Crippen LogP contribution in [0.5, 0.6) is 17.2 Å². The Bertz CT molecular complexity index is 467. The molecular weight excluding hydrogens is 244 g/mol. The second-order valence-corrected chi connectivity index (χ2v) is 3.73. The van der Waals surface area contributed by atoms with Crippen LogP contribution in [-0.2, 0) is 4.74 Å². The van der Waals surface area contributed by atoms with Gasteiger partial charge in [-0.25, -0.2) is 4.79 Å². The molecule has 0 fully saturated rings. The third-order valence-corrected chi connectivity index (χ3v) is 2.45. The predicted molar refractivity (Wildman–Crippen MR) is 59.4 cm³/mol. The number of phenols is 3. The molecule has 0 bridgehead atoms. The lowest BCUT2D eigenvalue weighted by molar-refractivity contribution is 0.0269. The number of phenolic OH excluding ortho intramolecular Hbond substituents is 3. The van der Waals surface area contributed by atoms with Crippen LogP contribution in [0.4, 0.5) is 0 Å². The summed E-state index contributed by atoms with van der Waals surface area (Å²) < 4.78 is 4.42. The minimum atomic E-state index is -1.62. The number of methoxy groups -OCH3 is 1. The number of carbonyl (C=O) groups is 1. The van der Waals surface area contributed by atoms with Crippen LogP contribution in [0.1, 0.15) is 28.9 Å². The first-order valence-corrected chi connectivity index (χ1v) is 5.03. The van der Waals surface area contributed by atoms with Gasteiger partial charge in [-0.3, -0.25) is 0 Å². The highest BCUT2D eigenvalue weighted by molar-refractivity contribution is 5.93. The van der Waals surface area contributed by atoms with Crippen LogP contribution in [-0.4, -0.2) is 44.7 Å². The van der Waals surface area contributed by atoms with E-state index in [0.717, 1.165) is 13.2 Å². The molecule has 1 rings (SSSR count).